The maximum atomic E-state index is 12.7. The lowest BCUT2D eigenvalue weighted by molar-refractivity contribution is -0.142. The molecule has 3 heterocycles. The van der Waals surface area contributed by atoms with Crippen molar-refractivity contribution in [2.75, 3.05) is 13.1 Å². The Bertz CT molecular complexity index is 752. The van der Waals surface area contributed by atoms with E-state index in [1.165, 1.54) is 11.8 Å². The van der Waals surface area contributed by atoms with Crippen LogP contribution in [-0.4, -0.2) is 60.9 Å². The van der Waals surface area contributed by atoms with Crippen LogP contribution in [0.2, 0.25) is 0 Å². The van der Waals surface area contributed by atoms with Crippen molar-refractivity contribution in [2.24, 2.45) is 0 Å². The summed E-state index contributed by atoms with van der Waals surface area (Å²) in [4.78, 5) is 23.4. The number of carbonyl (C=O) groups excluding carboxylic acids is 1. The Morgan fingerprint density at radius 2 is 1.96 bits per heavy atom. The first-order valence-corrected chi connectivity index (χ1v) is 9.03. The zero-order valence-electron chi connectivity index (χ0n) is 14.7. The lowest BCUT2D eigenvalue weighted by Crippen LogP contribution is -2.50. The molecule has 0 spiro atoms. The van der Waals surface area contributed by atoms with Gasteiger partial charge in [0.1, 0.15) is 0 Å². The normalized spacial score (nSPS) is 22.8. The zero-order valence-corrected chi connectivity index (χ0v) is 15.5. The number of aromatic nitrogens is 4. The molecule has 1 aliphatic rings. The van der Waals surface area contributed by atoms with Gasteiger partial charge in [0.15, 0.2) is 0 Å². The smallest absolute Gasteiger partial charge is 0.253 e. The minimum Gasteiger partial charge on any atom is -0.372 e. The molecule has 3 atom stereocenters. The number of aryl methyl sites for hydroxylation is 2. The Labute approximate surface area is 145 Å². The van der Waals surface area contributed by atoms with E-state index in [0.717, 1.165) is 11.4 Å². The van der Waals surface area contributed by atoms with Crippen LogP contribution in [0.1, 0.15) is 32.2 Å². The maximum Gasteiger partial charge on any atom is 0.253 e. The van der Waals surface area contributed by atoms with Gasteiger partial charge >= 0.3 is 0 Å². The maximum absolute atomic E-state index is 12.7. The first-order chi connectivity index (χ1) is 11.3. The van der Waals surface area contributed by atoms with Crippen LogP contribution < -0.4 is 0 Å². The van der Waals surface area contributed by atoms with Gasteiger partial charge in [-0.1, -0.05) is 11.8 Å². The van der Waals surface area contributed by atoms with Crippen LogP contribution in [0.4, 0.5) is 0 Å². The molecule has 0 radical (unpaired) electrons. The van der Waals surface area contributed by atoms with Gasteiger partial charge in [0.05, 0.1) is 17.5 Å². The van der Waals surface area contributed by atoms with Crippen LogP contribution in [0.25, 0.3) is 5.78 Å². The third-order valence-corrected chi connectivity index (χ3v) is 4.90. The molecule has 0 bridgehead atoms. The number of ether oxygens (including phenoxy) is 1. The van der Waals surface area contributed by atoms with Crippen LogP contribution in [0.15, 0.2) is 11.2 Å². The van der Waals surface area contributed by atoms with Crippen molar-refractivity contribution >= 4 is 23.4 Å². The molecular formula is C16H23N5O2S. The monoisotopic (exact) mass is 349 g/mol. The molecule has 1 amide bonds. The largest absolute Gasteiger partial charge is 0.372 e. The van der Waals surface area contributed by atoms with E-state index in [1.807, 2.05) is 45.6 Å². The number of thioether (sulfide) groups is 1. The summed E-state index contributed by atoms with van der Waals surface area (Å²) in [6, 6.07) is 1.96. The van der Waals surface area contributed by atoms with Gasteiger partial charge in [-0.05, 0) is 40.7 Å². The molecule has 0 N–H and O–H groups in total. The summed E-state index contributed by atoms with van der Waals surface area (Å²) in [6.07, 6.45) is 0.135. The molecule has 0 aromatic carbocycles. The fourth-order valence-electron chi connectivity index (χ4n) is 3.02. The van der Waals surface area contributed by atoms with Gasteiger partial charge in [0.25, 0.3) is 5.78 Å². The first-order valence-electron chi connectivity index (χ1n) is 8.15. The van der Waals surface area contributed by atoms with Gasteiger partial charge in [0, 0.05) is 24.5 Å². The molecule has 1 fully saturated rings. The second kappa shape index (κ2) is 6.68. The molecular weight excluding hydrogens is 326 g/mol. The number of rotatable bonds is 3. The van der Waals surface area contributed by atoms with Crippen molar-refractivity contribution in [3.63, 3.8) is 0 Å². The van der Waals surface area contributed by atoms with Crippen LogP contribution in [0, 0.1) is 13.8 Å². The average Bonchev–Trinajstić information content (AvgIpc) is 2.88. The molecule has 0 saturated carbocycles. The molecule has 24 heavy (non-hydrogen) atoms. The zero-order chi connectivity index (χ0) is 17.4. The van der Waals surface area contributed by atoms with E-state index in [0.29, 0.717) is 24.0 Å². The van der Waals surface area contributed by atoms with Crippen LogP contribution in [0.3, 0.4) is 0 Å². The molecule has 2 aromatic heterocycles. The third-order valence-electron chi connectivity index (χ3n) is 3.96. The summed E-state index contributed by atoms with van der Waals surface area (Å²) in [5, 5.41) is 4.79. The number of nitrogens with zero attached hydrogens (tertiary/aromatic N) is 5. The summed E-state index contributed by atoms with van der Waals surface area (Å²) in [7, 11) is 0. The number of morpholine rings is 1. The predicted octanol–water partition coefficient (Wildman–Crippen LogP) is 1.86. The number of carbonyl (C=O) groups is 1. The molecule has 3 rings (SSSR count). The van der Waals surface area contributed by atoms with Crippen molar-refractivity contribution in [1.29, 1.82) is 0 Å². The van der Waals surface area contributed by atoms with Gasteiger partial charge in [-0.3, -0.25) is 4.79 Å². The molecule has 7 nitrogen and oxygen atoms in total. The highest BCUT2D eigenvalue weighted by atomic mass is 32.2. The molecule has 0 aliphatic carbocycles. The van der Waals surface area contributed by atoms with E-state index in [1.54, 1.807) is 4.52 Å². The fourth-order valence-corrected chi connectivity index (χ4v) is 3.85. The summed E-state index contributed by atoms with van der Waals surface area (Å²) >= 11 is 1.37. The number of fused-ring (bicyclic) bond motifs is 1. The van der Waals surface area contributed by atoms with Crippen LogP contribution >= 0.6 is 11.8 Å². The van der Waals surface area contributed by atoms with E-state index in [4.69, 9.17) is 4.74 Å². The minimum absolute atomic E-state index is 0.0676. The van der Waals surface area contributed by atoms with Crippen LogP contribution in [0.5, 0.6) is 0 Å². The minimum atomic E-state index is -0.249. The fraction of sp³-hybridized carbons (Fsp3) is 0.625. The second-order valence-corrected chi connectivity index (χ2v) is 7.71. The van der Waals surface area contributed by atoms with Gasteiger partial charge in [-0.25, -0.2) is 9.50 Å². The summed E-state index contributed by atoms with van der Waals surface area (Å²) in [5.74, 6) is 0.671. The quantitative estimate of drug-likeness (QED) is 0.788. The highest BCUT2D eigenvalue weighted by molar-refractivity contribution is 8.00. The highest BCUT2D eigenvalue weighted by Crippen LogP contribution is 2.23. The molecule has 2 aromatic rings. The van der Waals surface area contributed by atoms with Crippen molar-refractivity contribution in [1.82, 2.24) is 24.5 Å². The molecule has 0 unspecified atom stereocenters. The molecule has 1 aliphatic heterocycles. The lowest BCUT2D eigenvalue weighted by Gasteiger charge is -2.36. The summed E-state index contributed by atoms with van der Waals surface area (Å²) < 4.78 is 7.41. The summed E-state index contributed by atoms with van der Waals surface area (Å²) in [6.45, 7) is 11.0. The molecule has 8 heteroatoms. The van der Waals surface area contributed by atoms with Gasteiger partial charge in [0.2, 0.25) is 11.1 Å². The molecule has 1 saturated heterocycles. The number of hydrogen-bond donors (Lipinski definition) is 0. The van der Waals surface area contributed by atoms with E-state index in [9.17, 15) is 4.79 Å². The van der Waals surface area contributed by atoms with E-state index >= 15 is 0 Å². The van der Waals surface area contributed by atoms with E-state index in [2.05, 4.69) is 15.1 Å². The number of amides is 1. The van der Waals surface area contributed by atoms with Crippen molar-refractivity contribution in [3.8, 4) is 0 Å². The standard InChI is InChI=1S/C16H23N5O2S/c1-9-6-10(2)21-15(17-9)18-16(19-21)24-13(5)14(22)20-7-11(3)23-12(4)8-20/h6,11-13H,7-8H2,1-5H3/t11-,12+,13-/m0/s1. The Hall–Kier alpha value is -1.67. The Morgan fingerprint density at radius 1 is 1.29 bits per heavy atom. The van der Waals surface area contributed by atoms with E-state index in [-0.39, 0.29) is 23.4 Å². The van der Waals surface area contributed by atoms with Crippen molar-refractivity contribution in [3.05, 3.63) is 17.5 Å². The number of hydrogen-bond acceptors (Lipinski definition) is 6. The Balaban J connectivity index is 1.73. The first kappa shape index (κ1) is 17.2. The van der Waals surface area contributed by atoms with Gasteiger partial charge in [-0.2, -0.15) is 4.98 Å². The third kappa shape index (κ3) is 3.54. The summed E-state index contributed by atoms with van der Waals surface area (Å²) in [5.41, 5.74) is 1.89. The second-order valence-electron chi connectivity index (χ2n) is 6.41. The van der Waals surface area contributed by atoms with Crippen LogP contribution in [-0.2, 0) is 9.53 Å². The predicted molar refractivity (Wildman–Crippen MR) is 92.2 cm³/mol. The van der Waals surface area contributed by atoms with Gasteiger partial charge < -0.3 is 9.64 Å². The van der Waals surface area contributed by atoms with Gasteiger partial charge in [-0.15, -0.1) is 5.10 Å². The lowest BCUT2D eigenvalue weighted by atomic mass is 10.2. The van der Waals surface area contributed by atoms with E-state index < -0.39 is 0 Å². The topological polar surface area (TPSA) is 72.6 Å². The van der Waals surface area contributed by atoms with Crippen molar-refractivity contribution < 1.29 is 9.53 Å². The molecule has 130 valence electrons. The SMILES string of the molecule is Cc1cc(C)n2nc(S[C@@H](C)C(=O)N3C[C@@H](C)O[C@@H](C)C3)nc2n1. The Morgan fingerprint density at radius 3 is 2.62 bits per heavy atom. The van der Waals surface area contributed by atoms with Crippen molar-refractivity contribution in [2.45, 2.75) is 57.2 Å². The average molecular weight is 349 g/mol. The highest BCUT2D eigenvalue weighted by Gasteiger charge is 2.29. The Kier molecular flexibility index (Phi) is 4.78.